The van der Waals surface area contributed by atoms with Crippen LogP contribution in [0.2, 0.25) is 0 Å². The molecule has 6 heteroatoms. The lowest BCUT2D eigenvalue weighted by Crippen LogP contribution is -2.20. The number of hydrogen-bond donors (Lipinski definition) is 1. The van der Waals surface area contributed by atoms with E-state index in [2.05, 4.69) is 0 Å². The zero-order chi connectivity index (χ0) is 14.5. The number of hydrogen-bond acceptors (Lipinski definition) is 5. The molecule has 0 spiro atoms. The van der Waals surface area contributed by atoms with Gasteiger partial charge in [0, 0.05) is 32.5 Å². The molecular formula is C13H24O6. The number of unbranched alkanes of at least 4 members (excludes halogenated alkanes) is 1. The van der Waals surface area contributed by atoms with Crippen molar-refractivity contribution in [3.63, 3.8) is 0 Å². The van der Waals surface area contributed by atoms with Gasteiger partial charge >= 0.3 is 11.9 Å². The number of rotatable bonds is 12. The molecule has 112 valence electrons. The number of ether oxygens (including phenoxy) is 3. The standard InChI is InChI=1S/C13H24O6/c1-3-17-13(18-4-2)9-10-19-12(16)8-6-5-7-11(14)15/h13H,3-10H2,1-2H3,(H,14,15). The second kappa shape index (κ2) is 11.9. The van der Waals surface area contributed by atoms with E-state index in [0.29, 0.717) is 32.5 Å². The van der Waals surface area contributed by atoms with Gasteiger partial charge in [-0.15, -0.1) is 0 Å². The molecule has 0 aliphatic heterocycles. The maximum Gasteiger partial charge on any atom is 0.305 e. The molecule has 0 amide bonds. The second-order valence-electron chi connectivity index (χ2n) is 3.95. The smallest absolute Gasteiger partial charge is 0.305 e. The summed E-state index contributed by atoms with van der Waals surface area (Å²) in [4.78, 5) is 21.6. The second-order valence-corrected chi connectivity index (χ2v) is 3.95. The lowest BCUT2D eigenvalue weighted by molar-refractivity contribution is -0.158. The summed E-state index contributed by atoms with van der Waals surface area (Å²) in [6.45, 7) is 5.10. The Hall–Kier alpha value is -1.14. The van der Waals surface area contributed by atoms with Crippen LogP contribution in [0.4, 0.5) is 0 Å². The molecule has 0 rings (SSSR count). The first-order chi connectivity index (χ1) is 9.10. The van der Waals surface area contributed by atoms with Crippen LogP contribution in [-0.4, -0.2) is 43.2 Å². The van der Waals surface area contributed by atoms with E-state index < -0.39 is 5.97 Å². The molecule has 0 aliphatic carbocycles. The summed E-state index contributed by atoms with van der Waals surface area (Å²) < 4.78 is 15.6. The van der Waals surface area contributed by atoms with Gasteiger partial charge in [0.2, 0.25) is 0 Å². The summed E-state index contributed by atoms with van der Waals surface area (Å²) in [6.07, 6.45) is 1.53. The van der Waals surface area contributed by atoms with Crippen molar-refractivity contribution >= 4 is 11.9 Å². The third kappa shape index (κ3) is 11.7. The van der Waals surface area contributed by atoms with Gasteiger partial charge in [-0.05, 0) is 26.7 Å². The van der Waals surface area contributed by atoms with Gasteiger partial charge in [0.25, 0.3) is 0 Å². The van der Waals surface area contributed by atoms with Crippen molar-refractivity contribution in [2.45, 2.75) is 52.2 Å². The van der Waals surface area contributed by atoms with Crippen molar-refractivity contribution < 1.29 is 28.9 Å². The Kier molecular flexibility index (Phi) is 11.2. The predicted octanol–water partition coefficient (Wildman–Crippen LogP) is 1.96. The van der Waals surface area contributed by atoms with Crippen LogP contribution in [0.25, 0.3) is 0 Å². The molecule has 0 fully saturated rings. The molecule has 6 nitrogen and oxygen atoms in total. The van der Waals surface area contributed by atoms with Crippen LogP contribution in [0, 0.1) is 0 Å². The average molecular weight is 276 g/mol. The van der Waals surface area contributed by atoms with E-state index in [9.17, 15) is 9.59 Å². The van der Waals surface area contributed by atoms with Crippen molar-refractivity contribution in [1.82, 2.24) is 0 Å². The Bertz CT molecular complexity index is 248. The molecule has 0 aromatic rings. The van der Waals surface area contributed by atoms with Gasteiger partial charge < -0.3 is 19.3 Å². The number of carboxylic acids is 1. The molecule has 0 aliphatic rings. The van der Waals surface area contributed by atoms with Gasteiger partial charge in [0.1, 0.15) is 0 Å². The van der Waals surface area contributed by atoms with Gasteiger partial charge in [-0.3, -0.25) is 9.59 Å². The van der Waals surface area contributed by atoms with Gasteiger partial charge in [-0.2, -0.15) is 0 Å². The number of carbonyl (C=O) groups excluding carboxylic acids is 1. The molecule has 1 N–H and O–H groups in total. The molecular weight excluding hydrogens is 252 g/mol. The molecule has 0 atom stereocenters. The summed E-state index contributed by atoms with van der Waals surface area (Å²) in [6, 6.07) is 0. The number of aliphatic carboxylic acids is 1. The van der Waals surface area contributed by atoms with Gasteiger partial charge in [-0.25, -0.2) is 0 Å². The van der Waals surface area contributed by atoms with Crippen molar-refractivity contribution in [2.75, 3.05) is 19.8 Å². The SMILES string of the molecule is CCOC(CCOC(=O)CCCCC(=O)O)OCC. The summed E-state index contributed by atoms with van der Waals surface area (Å²) in [7, 11) is 0. The quantitative estimate of drug-likeness (QED) is 0.333. The Morgan fingerprint density at radius 2 is 1.63 bits per heavy atom. The fourth-order valence-corrected chi connectivity index (χ4v) is 1.47. The van der Waals surface area contributed by atoms with E-state index >= 15 is 0 Å². The molecule has 19 heavy (non-hydrogen) atoms. The molecule has 0 saturated carbocycles. The molecule has 0 radical (unpaired) electrons. The maximum absolute atomic E-state index is 11.3. The van der Waals surface area contributed by atoms with Crippen molar-refractivity contribution in [1.29, 1.82) is 0 Å². The first-order valence-corrected chi connectivity index (χ1v) is 6.70. The minimum atomic E-state index is -0.843. The van der Waals surface area contributed by atoms with Crippen LogP contribution in [-0.2, 0) is 23.8 Å². The lowest BCUT2D eigenvalue weighted by Gasteiger charge is -2.16. The third-order valence-electron chi connectivity index (χ3n) is 2.34. The van der Waals surface area contributed by atoms with Gasteiger partial charge in [0.05, 0.1) is 6.61 Å². The van der Waals surface area contributed by atoms with Crippen LogP contribution in [0.1, 0.15) is 46.0 Å². The van der Waals surface area contributed by atoms with Crippen molar-refractivity contribution in [2.24, 2.45) is 0 Å². The van der Waals surface area contributed by atoms with E-state index in [0.717, 1.165) is 0 Å². The number of carbonyl (C=O) groups is 2. The first kappa shape index (κ1) is 17.9. The number of esters is 1. The van der Waals surface area contributed by atoms with Crippen LogP contribution in [0.15, 0.2) is 0 Å². The summed E-state index contributed by atoms with van der Waals surface area (Å²) in [5.41, 5.74) is 0. The molecule has 0 saturated heterocycles. The maximum atomic E-state index is 11.3. The summed E-state index contributed by atoms with van der Waals surface area (Å²) >= 11 is 0. The highest BCUT2D eigenvalue weighted by atomic mass is 16.7. The van der Waals surface area contributed by atoms with Crippen molar-refractivity contribution in [3.8, 4) is 0 Å². The molecule has 0 heterocycles. The van der Waals surface area contributed by atoms with Crippen LogP contribution >= 0.6 is 0 Å². The Morgan fingerprint density at radius 3 is 2.16 bits per heavy atom. The first-order valence-electron chi connectivity index (χ1n) is 6.70. The van der Waals surface area contributed by atoms with E-state index in [-0.39, 0.29) is 31.7 Å². The Labute approximate surface area is 114 Å². The van der Waals surface area contributed by atoms with Gasteiger partial charge in [-0.1, -0.05) is 0 Å². The Balaban J connectivity index is 3.57. The summed E-state index contributed by atoms with van der Waals surface area (Å²) in [5.74, 6) is -1.15. The summed E-state index contributed by atoms with van der Waals surface area (Å²) in [5, 5.41) is 8.44. The zero-order valence-corrected chi connectivity index (χ0v) is 11.7. The van der Waals surface area contributed by atoms with E-state index in [4.69, 9.17) is 19.3 Å². The normalized spacial score (nSPS) is 10.7. The highest BCUT2D eigenvalue weighted by Crippen LogP contribution is 2.04. The van der Waals surface area contributed by atoms with E-state index in [1.807, 2.05) is 13.8 Å². The van der Waals surface area contributed by atoms with Gasteiger partial charge in [0.15, 0.2) is 6.29 Å². The molecule has 0 aromatic heterocycles. The minimum Gasteiger partial charge on any atom is -0.481 e. The molecule has 0 unspecified atom stereocenters. The topological polar surface area (TPSA) is 82.1 Å². The number of carboxylic acid groups (broad SMARTS) is 1. The third-order valence-corrected chi connectivity index (χ3v) is 2.34. The van der Waals surface area contributed by atoms with Crippen LogP contribution in [0.5, 0.6) is 0 Å². The Morgan fingerprint density at radius 1 is 1.05 bits per heavy atom. The average Bonchev–Trinajstić information content (AvgIpc) is 2.35. The highest BCUT2D eigenvalue weighted by molar-refractivity contribution is 5.69. The zero-order valence-electron chi connectivity index (χ0n) is 11.7. The van der Waals surface area contributed by atoms with Crippen LogP contribution < -0.4 is 0 Å². The monoisotopic (exact) mass is 276 g/mol. The van der Waals surface area contributed by atoms with Crippen molar-refractivity contribution in [3.05, 3.63) is 0 Å². The minimum absolute atomic E-state index is 0.0873. The fourth-order valence-electron chi connectivity index (χ4n) is 1.47. The lowest BCUT2D eigenvalue weighted by atomic mass is 10.2. The molecule has 0 bridgehead atoms. The van der Waals surface area contributed by atoms with E-state index in [1.54, 1.807) is 0 Å². The highest BCUT2D eigenvalue weighted by Gasteiger charge is 2.10. The predicted molar refractivity (Wildman–Crippen MR) is 68.7 cm³/mol. The van der Waals surface area contributed by atoms with E-state index in [1.165, 1.54) is 0 Å². The van der Waals surface area contributed by atoms with Crippen LogP contribution in [0.3, 0.4) is 0 Å². The fraction of sp³-hybridized carbons (Fsp3) is 0.846. The molecule has 0 aromatic carbocycles. The largest absolute Gasteiger partial charge is 0.481 e.